The molecule has 1 aromatic carbocycles. The molecule has 2 N–H and O–H groups in total. The molecule has 0 radical (unpaired) electrons. The number of nitrogens with two attached hydrogens (primary N) is 1. The summed E-state index contributed by atoms with van der Waals surface area (Å²) in [7, 11) is -1.80. The van der Waals surface area contributed by atoms with Crippen LogP contribution in [-0.2, 0) is 10.0 Å². The Kier molecular flexibility index (Phi) is 4.41. The minimum absolute atomic E-state index is 0.0375. The van der Waals surface area contributed by atoms with Gasteiger partial charge in [-0.05, 0) is 43.0 Å². The summed E-state index contributed by atoms with van der Waals surface area (Å²) in [5.41, 5.74) is 1.96. The van der Waals surface area contributed by atoms with Crippen molar-refractivity contribution in [3.63, 3.8) is 0 Å². The summed E-state index contributed by atoms with van der Waals surface area (Å²) in [6.07, 6.45) is 3.63. The molecule has 124 valence electrons. The molecular formula is C16H21N3O3S. The van der Waals surface area contributed by atoms with E-state index < -0.39 is 10.0 Å². The third-order valence-corrected chi connectivity index (χ3v) is 5.19. The van der Waals surface area contributed by atoms with Gasteiger partial charge < -0.3 is 9.64 Å². The Morgan fingerprint density at radius 1 is 1.39 bits per heavy atom. The molecule has 0 amide bonds. The highest BCUT2D eigenvalue weighted by atomic mass is 32.2. The van der Waals surface area contributed by atoms with E-state index in [1.54, 1.807) is 13.3 Å². The predicted octanol–water partition coefficient (Wildman–Crippen LogP) is 1.75. The van der Waals surface area contributed by atoms with E-state index in [2.05, 4.69) is 9.88 Å². The van der Waals surface area contributed by atoms with Gasteiger partial charge >= 0.3 is 0 Å². The van der Waals surface area contributed by atoms with Crippen LogP contribution in [-0.4, -0.2) is 39.4 Å². The van der Waals surface area contributed by atoms with E-state index in [0.717, 1.165) is 41.7 Å². The first-order valence-corrected chi connectivity index (χ1v) is 9.36. The Morgan fingerprint density at radius 3 is 2.96 bits per heavy atom. The number of ether oxygens (including phenoxy) is 1. The SMILES string of the molecule is COc1ccc2nccc(N3CCCC(CS(N)(=O)=O)C3)c2c1. The van der Waals surface area contributed by atoms with E-state index in [1.807, 2.05) is 24.3 Å². The van der Waals surface area contributed by atoms with Gasteiger partial charge in [0, 0.05) is 30.4 Å². The minimum atomic E-state index is -3.44. The molecule has 1 saturated heterocycles. The maximum absolute atomic E-state index is 11.4. The zero-order chi connectivity index (χ0) is 16.4. The van der Waals surface area contributed by atoms with Crippen LogP contribution < -0.4 is 14.8 Å². The minimum Gasteiger partial charge on any atom is -0.497 e. The second-order valence-electron chi connectivity index (χ2n) is 6.00. The third-order valence-electron chi connectivity index (χ3n) is 4.25. The highest BCUT2D eigenvalue weighted by Crippen LogP contribution is 2.31. The number of piperidine rings is 1. The molecule has 0 spiro atoms. The van der Waals surface area contributed by atoms with Gasteiger partial charge in [-0.25, -0.2) is 13.6 Å². The van der Waals surface area contributed by atoms with Crippen LogP contribution in [0.3, 0.4) is 0 Å². The number of primary sulfonamides is 1. The van der Waals surface area contributed by atoms with E-state index >= 15 is 0 Å². The summed E-state index contributed by atoms with van der Waals surface area (Å²) in [5.74, 6) is 0.882. The van der Waals surface area contributed by atoms with Crippen LogP contribution in [0.25, 0.3) is 10.9 Å². The maximum atomic E-state index is 11.4. The first-order chi connectivity index (χ1) is 11.0. The van der Waals surface area contributed by atoms with Crippen LogP contribution in [0.15, 0.2) is 30.5 Å². The van der Waals surface area contributed by atoms with Crippen molar-refractivity contribution in [2.75, 3.05) is 30.9 Å². The fourth-order valence-electron chi connectivity index (χ4n) is 3.26. The van der Waals surface area contributed by atoms with Crippen molar-refractivity contribution in [3.05, 3.63) is 30.5 Å². The molecule has 2 heterocycles. The van der Waals surface area contributed by atoms with Crippen molar-refractivity contribution in [1.29, 1.82) is 0 Å². The number of pyridine rings is 1. The Balaban J connectivity index is 1.92. The second kappa shape index (κ2) is 6.33. The monoisotopic (exact) mass is 335 g/mol. The smallest absolute Gasteiger partial charge is 0.209 e. The van der Waals surface area contributed by atoms with Crippen molar-refractivity contribution in [2.45, 2.75) is 12.8 Å². The van der Waals surface area contributed by atoms with Crippen LogP contribution in [0.2, 0.25) is 0 Å². The molecule has 0 aliphatic carbocycles. The lowest BCUT2D eigenvalue weighted by molar-refractivity contribution is 0.415. The Bertz CT molecular complexity index is 807. The molecule has 1 aliphatic heterocycles. The molecule has 1 aromatic heterocycles. The molecule has 0 bridgehead atoms. The lowest BCUT2D eigenvalue weighted by Crippen LogP contribution is -2.39. The summed E-state index contributed by atoms with van der Waals surface area (Å²) in [6, 6.07) is 7.77. The van der Waals surface area contributed by atoms with Crippen LogP contribution in [0, 0.1) is 5.92 Å². The number of sulfonamides is 1. The highest BCUT2D eigenvalue weighted by molar-refractivity contribution is 7.89. The molecule has 6 nitrogen and oxygen atoms in total. The van der Waals surface area contributed by atoms with Gasteiger partial charge in [0.15, 0.2) is 0 Å². The van der Waals surface area contributed by atoms with Gasteiger partial charge in [-0.15, -0.1) is 0 Å². The van der Waals surface area contributed by atoms with E-state index in [1.165, 1.54) is 0 Å². The van der Waals surface area contributed by atoms with Crippen LogP contribution in [0.5, 0.6) is 5.75 Å². The fourth-order valence-corrected chi connectivity index (χ4v) is 4.19. The zero-order valence-corrected chi connectivity index (χ0v) is 13.9. The summed E-state index contributed by atoms with van der Waals surface area (Å²) in [4.78, 5) is 6.62. The molecule has 1 aliphatic rings. The Labute approximate surface area is 136 Å². The zero-order valence-electron chi connectivity index (χ0n) is 13.1. The van der Waals surface area contributed by atoms with E-state index in [0.29, 0.717) is 6.54 Å². The average molecular weight is 335 g/mol. The van der Waals surface area contributed by atoms with Crippen LogP contribution >= 0.6 is 0 Å². The number of hydrogen-bond donors (Lipinski definition) is 1. The van der Waals surface area contributed by atoms with E-state index in [-0.39, 0.29) is 11.7 Å². The second-order valence-corrected chi connectivity index (χ2v) is 7.66. The lowest BCUT2D eigenvalue weighted by atomic mass is 9.99. The lowest BCUT2D eigenvalue weighted by Gasteiger charge is -2.34. The number of methoxy groups -OCH3 is 1. The molecular weight excluding hydrogens is 314 g/mol. The van der Waals surface area contributed by atoms with Gasteiger partial charge in [-0.2, -0.15) is 0 Å². The predicted molar refractivity (Wildman–Crippen MR) is 91.2 cm³/mol. The number of hydrogen-bond acceptors (Lipinski definition) is 5. The largest absolute Gasteiger partial charge is 0.497 e. The number of benzene rings is 1. The Hall–Kier alpha value is -1.86. The van der Waals surface area contributed by atoms with Crippen molar-refractivity contribution >= 4 is 26.6 Å². The normalized spacial score (nSPS) is 19.0. The van der Waals surface area contributed by atoms with Gasteiger partial charge in [-0.3, -0.25) is 4.98 Å². The molecule has 23 heavy (non-hydrogen) atoms. The third kappa shape index (κ3) is 3.73. The number of rotatable bonds is 4. The maximum Gasteiger partial charge on any atom is 0.209 e. The van der Waals surface area contributed by atoms with E-state index in [9.17, 15) is 8.42 Å². The molecule has 3 rings (SSSR count). The van der Waals surface area contributed by atoms with Gasteiger partial charge in [0.05, 0.1) is 18.4 Å². The van der Waals surface area contributed by atoms with E-state index in [4.69, 9.17) is 9.88 Å². The Morgan fingerprint density at radius 2 is 2.22 bits per heavy atom. The average Bonchev–Trinajstić information content (AvgIpc) is 2.52. The van der Waals surface area contributed by atoms with Crippen LogP contribution in [0.1, 0.15) is 12.8 Å². The number of anilines is 1. The topological polar surface area (TPSA) is 85.5 Å². The van der Waals surface area contributed by atoms with Crippen molar-refractivity contribution < 1.29 is 13.2 Å². The number of fused-ring (bicyclic) bond motifs is 1. The molecule has 0 saturated carbocycles. The number of aromatic nitrogens is 1. The molecule has 1 fully saturated rings. The first-order valence-electron chi connectivity index (χ1n) is 7.64. The molecule has 1 atom stereocenters. The van der Waals surface area contributed by atoms with Gasteiger partial charge in [0.2, 0.25) is 10.0 Å². The molecule has 2 aromatic rings. The van der Waals surface area contributed by atoms with Gasteiger partial charge in [0.25, 0.3) is 0 Å². The summed E-state index contributed by atoms with van der Waals surface area (Å²) < 4.78 is 28.1. The summed E-state index contributed by atoms with van der Waals surface area (Å²) in [6.45, 7) is 1.59. The van der Waals surface area contributed by atoms with Crippen molar-refractivity contribution in [1.82, 2.24) is 4.98 Å². The van der Waals surface area contributed by atoms with Crippen molar-refractivity contribution in [3.8, 4) is 5.75 Å². The molecule has 1 unspecified atom stereocenters. The fraction of sp³-hybridized carbons (Fsp3) is 0.438. The summed E-state index contributed by atoms with van der Waals surface area (Å²) in [5, 5.41) is 6.22. The molecule has 7 heteroatoms. The van der Waals surface area contributed by atoms with Gasteiger partial charge in [-0.1, -0.05) is 0 Å². The van der Waals surface area contributed by atoms with Gasteiger partial charge in [0.1, 0.15) is 5.75 Å². The number of nitrogens with zero attached hydrogens (tertiary/aromatic N) is 2. The first kappa shape index (κ1) is 16.0. The highest BCUT2D eigenvalue weighted by Gasteiger charge is 2.24. The van der Waals surface area contributed by atoms with Crippen molar-refractivity contribution in [2.24, 2.45) is 11.1 Å². The standard InChI is InChI=1S/C16H21N3O3S/c1-22-13-4-5-15-14(9-13)16(6-7-18-15)19-8-2-3-12(10-19)11-23(17,20)21/h4-7,9,12H,2-3,8,10-11H2,1H3,(H2,17,20,21). The van der Waals surface area contributed by atoms with Crippen LogP contribution in [0.4, 0.5) is 5.69 Å². The quantitative estimate of drug-likeness (QED) is 0.920. The summed E-state index contributed by atoms with van der Waals surface area (Å²) >= 11 is 0.